The van der Waals surface area contributed by atoms with Crippen LogP contribution in [-0.2, 0) is 11.0 Å². The highest BCUT2D eigenvalue weighted by Crippen LogP contribution is 2.34. The summed E-state index contributed by atoms with van der Waals surface area (Å²) in [5.41, 5.74) is 3.72. The standard InChI is InChI=1S/C14H21NO/c1-13(2,3)12-9-11-10(7-8-16-11)15(12)14(4,5)6/h7-9H,1-6H3. The fourth-order valence-electron chi connectivity index (χ4n) is 2.20. The second kappa shape index (κ2) is 3.16. The summed E-state index contributed by atoms with van der Waals surface area (Å²) in [6.07, 6.45) is 1.76. The second-order valence-electron chi connectivity index (χ2n) is 6.46. The third-order valence-electron chi connectivity index (χ3n) is 2.86. The molecule has 0 spiro atoms. The molecule has 2 rings (SSSR count). The molecule has 2 aromatic heterocycles. The molecule has 16 heavy (non-hydrogen) atoms. The van der Waals surface area contributed by atoms with E-state index in [1.54, 1.807) is 6.26 Å². The van der Waals surface area contributed by atoms with Gasteiger partial charge in [0.15, 0.2) is 5.58 Å². The zero-order valence-electron chi connectivity index (χ0n) is 11.1. The van der Waals surface area contributed by atoms with Gasteiger partial charge < -0.3 is 8.98 Å². The van der Waals surface area contributed by atoms with Gasteiger partial charge in [-0.1, -0.05) is 20.8 Å². The molecular weight excluding hydrogens is 198 g/mol. The van der Waals surface area contributed by atoms with Gasteiger partial charge in [-0.3, -0.25) is 0 Å². The van der Waals surface area contributed by atoms with E-state index in [1.165, 1.54) is 11.2 Å². The van der Waals surface area contributed by atoms with Gasteiger partial charge in [-0.2, -0.15) is 0 Å². The molecule has 2 nitrogen and oxygen atoms in total. The lowest BCUT2D eigenvalue weighted by atomic mass is 9.91. The summed E-state index contributed by atoms with van der Waals surface area (Å²) in [4.78, 5) is 0. The Balaban J connectivity index is 2.79. The highest BCUT2D eigenvalue weighted by Gasteiger charge is 2.27. The van der Waals surface area contributed by atoms with Crippen LogP contribution in [-0.4, -0.2) is 4.57 Å². The Hall–Kier alpha value is -1.18. The van der Waals surface area contributed by atoms with Crippen molar-refractivity contribution in [2.24, 2.45) is 0 Å². The first kappa shape index (κ1) is 11.3. The lowest BCUT2D eigenvalue weighted by Gasteiger charge is -2.30. The molecule has 0 atom stereocenters. The van der Waals surface area contributed by atoms with E-state index in [0.29, 0.717) is 0 Å². The lowest BCUT2D eigenvalue weighted by molar-refractivity contribution is 0.372. The Morgan fingerprint density at radius 1 is 1.06 bits per heavy atom. The number of nitrogens with zero attached hydrogens (tertiary/aromatic N) is 1. The molecule has 0 N–H and O–H groups in total. The van der Waals surface area contributed by atoms with Crippen molar-refractivity contribution in [2.75, 3.05) is 0 Å². The Bertz CT molecular complexity index is 503. The molecule has 2 heteroatoms. The van der Waals surface area contributed by atoms with Crippen molar-refractivity contribution < 1.29 is 4.42 Å². The van der Waals surface area contributed by atoms with Gasteiger partial charge in [0.25, 0.3) is 0 Å². The van der Waals surface area contributed by atoms with Crippen molar-refractivity contribution in [2.45, 2.75) is 52.5 Å². The largest absolute Gasteiger partial charge is 0.463 e. The maximum atomic E-state index is 5.51. The zero-order valence-corrected chi connectivity index (χ0v) is 11.1. The van der Waals surface area contributed by atoms with E-state index in [9.17, 15) is 0 Å². The molecule has 2 aromatic rings. The van der Waals surface area contributed by atoms with E-state index in [2.05, 4.69) is 58.2 Å². The number of rotatable bonds is 0. The van der Waals surface area contributed by atoms with Crippen LogP contribution >= 0.6 is 0 Å². The Morgan fingerprint density at radius 3 is 2.19 bits per heavy atom. The average Bonchev–Trinajstić information content (AvgIpc) is 2.53. The summed E-state index contributed by atoms with van der Waals surface area (Å²) in [6, 6.07) is 4.22. The first-order valence-electron chi connectivity index (χ1n) is 5.81. The highest BCUT2D eigenvalue weighted by atomic mass is 16.3. The summed E-state index contributed by atoms with van der Waals surface area (Å²) < 4.78 is 7.89. The van der Waals surface area contributed by atoms with Gasteiger partial charge in [-0.05, 0) is 20.8 Å². The molecule has 0 saturated heterocycles. The summed E-state index contributed by atoms with van der Waals surface area (Å²) in [5, 5.41) is 0. The maximum absolute atomic E-state index is 5.51. The van der Waals surface area contributed by atoms with Crippen LogP contribution in [0.25, 0.3) is 11.1 Å². The van der Waals surface area contributed by atoms with Crippen molar-refractivity contribution in [3.63, 3.8) is 0 Å². The van der Waals surface area contributed by atoms with Crippen molar-refractivity contribution in [3.05, 3.63) is 24.1 Å². The number of hydrogen-bond acceptors (Lipinski definition) is 1. The van der Waals surface area contributed by atoms with E-state index in [0.717, 1.165) is 5.58 Å². The molecule has 0 fully saturated rings. The van der Waals surface area contributed by atoms with Gasteiger partial charge in [0.05, 0.1) is 11.8 Å². The third-order valence-corrected chi connectivity index (χ3v) is 2.86. The smallest absolute Gasteiger partial charge is 0.152 e. The second-order valence-corrected chi connectivity index (χ2v) is 6.46. The van der Waals surface area contributed by atoms with Crippen LogP contribution < -0.4 is 0 Å². The van der Waals surface area contributed by atoms with Gasteiger partial charge in [-0.25, -0.2) is 0 Å². The summed E-state index contributed by atoms with van der Waals surface area (Å²) in [7, 11) is 0. The Labute approximate surface area is 97.2 Å². The number of furan rings is 1. The molecule has 0 aliphatic carbocycles. The van der Waals surface area contributed by atoms with E-state index in [4.69, 9.17) is 4.42 Å². The fourth-order valence-corrected chi connectivity index (χ4v) is 2.20. The molecule has 0 unspecified atom stereocenters. The van der Waals surface area contributed by atoms with E-state index in [1.807, 2.05) is 0 Å². The molecule has 0 amide bonds. The van der Waals surface area contributed by atoms with Gasteiger partial charge >= 0.3 is 0 Å². The van der Waals surface area contributed by atoms with Crippen LogP contribution in [0.4, 0.5) is 0 Å². The minimum atomic E-state index is 0.0776. The van der Waals surface area contributed by atoms with E-state index < -0.39 is 0 Å². The first-order valence-corrected chi connectivity index (χ1v) is 5.81. The van der Waals surface area contributed by atoms with Crippen LogP contribution in [0.2, 0.25) is 0 Å². The number of hydrogen-bond donors (Lipinski definition) is 0. The van der Waals surface area contributed by atoms with Crippen LogP contribution in [0, 0.1) is 0 Å². The van der Waals surface area contributed by atoms with E-state index >= 15 is 0 Å². The number of fused-ring (bicyclic) bond motifs is 1. The normalized spacial score (nSPS) is 13.6. The van der Waals surface area contributed by atoms with Gasteiger partial charge in [0.2, 0.25) is 0 Å². The Kier molecular flexibility index (Phi) is 2.23. The molecule has 0 aliphatic rings. The van der Waals surface area contributed by atoms with Crippen molar-refractivity contribution in [1.82, 2.24) is 4.57 Å². The summed E-state index contributed by atoms with van der Waals surface area (Å²) >= 11 is 0. The van der Waals surface area contributed by atoms with Gasteiger partial charge in [0, 0.05) is 28.8 Å². The molecule has 0 aliphatic heterocycles. The first-order chi connectivity index (χ1) is 7.21. The zero-order chi connectivity index (χ0) is 12.1. The van der Waals surface area contributed by atoms with Crippen molar-refractivity contribution in [1.29, 1.82) is 0 Å². The summed E-state index contributed by atoms with van der Waals surface area (Å²) in [6.45, 7) is 13.4. The Morgan fingerprint density at radius 2 is 1.69 bits per heavy atom. The molecular formula is C14H21NO. The van der Waals surface area contributed by atoms with Crippen molar-refractivity contribution in [3.8, 4) is 0 Å². The SMILES string of the molecule is CC(C)(C)c1cc2occc2n1C(C)(C)C. The van der Waals surface area contributed by atoms with Crippen LogP contribution in [0.15, 0.2) is 22.8 Å². The lowest BCUT2D eigenvalue weighted by Crippen LogP contribution is -2.28. The minimum Gasteiger partial charge on any atom is -0.463 e. The predicted octanol–water partition coefficient (Wildman–Crippen LogP) is 4.29. The molecule has 0 saturated carbocycles. The van der Waals surface area contributed by atoms with Gasteiger partial charge in [-0.15, -0.1) is 0 Å². The number of aromatic nitrogens is 1. The van der Waals surface area contributed by atoms with Crippen LogP contribution in [0.3, 0.4) is 0 Å². The van der Waals surface area contributed by atoms with Gasteiger partial charge in [0.1, 0.15) is 0 Å². The van der Waals surface area contributed by atoms with Crippen molar-refractivity contribution >= 4 is 11.1 Å². The quantitative estimate of drug-likeness (QED) is 0.646. The van der Waals surface area contributed by atoms with Crippen LogP contribution in [0.1, 0.15) is 47.2 Å². The maximum Gasteiger partial charge on any atom is 0.152 e. The molecule has 0 radical (unpaired) electrons. The van der Waals surface area contributed by atoms with Crippen LogP contribution in [0.5, 0.6) is 0 Å². The van der Waals surface area contributed by atoms with E-state index in [-0.39, 0.29) is 11.0 Å². The molecule has 2 heterocycles. The third kappa shape index (κ3) is 1.66. The topological polar surface area (TPSA) is 18.1 Å². The minimum absolute atomic E-state index is 0.0776. The average molecular weight is 219 g/mol. The molecule has 0 aromatic carbocycles. The summed E-state index contributed by atoms with van der Waals surface area (Å²) in [5.74, 6) is 0. The predicted molar refractivity (Wildman–Crippen MR) is 67.9 cm³/mol. The molecule has 0 bridgehead atoms. The fraction of sp³-hybridized carbons (Fsp3) is 0.571. The highest BCUT2D eigenvalue weighted by molar-refractivity contribution is 5.76. The molecule has 88 valence electrons. The monoisotopic (exact) mass is 219 g/mol.